The van der Waals surface area contributed by atoms with Gasteiger partial charge in [-0.1, -0.05) is 45.2 Å². The van der Waals surface area contributed by atoms with Crippen LogP contribution in [0, 0.1) is 0 Å². The number of amides is 1. The molecule has 0 bridgehead atoms. The Hall–Kier alpha value is -0.880. The van der Waals surface area contributed by atoms with E-state index in [1.807, 2.05) is 13.0 Å². The smallest absolute Gasteiger partial charge is 0.305 e. The van der Waals surface area contributed by atoms with Crippen molar-refractivity contribution in [3.63, 3.8) is 0 Å². The van der Waals surface area contributed by atoms with E-state index in [2.05, 4.69) is 37.2 Å². The molecule has 0 aliphatic rings. The van der Waals surface area contributed by atoms with Crippen molar-refractivity contribution in [2.45, 2.75) is 32.2 Å². The maximum Gasteiger partial charge on any atom is 0.305 e. The highest BCUT2D eigenvalue weighted by molar-refractivity contribution is 9.11. The Labute approximate surface area is 128 Å². The second-order valence-corrected chi connectivity index (χ2v) is 6.05. The maximum atomic E-state index is 12.1. The van der Waals surface area contributed by atoms with E-state index in [4.69, 9.17) is 5.11 Å². The lowest BCUT2D eigenvalue weighted by molar-refractivity contribution is -0.137. The average Bonchev–Trinajstić information content (AvgIpc) is 2.26. The first-order chi connectivity index (χ1) is 8.92. The Morgan fingerprint density at radius 1 is 1.26 bits per heavy atom. The third-order valence-electron chi connectivity index (χ3n) is 2.52. The zero-order chi connectivity index (χ0) is 14.4. The molecule has 0 heterocycles. The number of carbonyl (C=O) groups excluding carboxylic acids is 1. The summed E-state index contributed by atoms with van der Waals surface area (Å²) in [6.45, 7) is 1.96. The van der Waals surface area contributed by atoms with Gasteiger partial charge in [0.15, 0.2) is 0 Å². The Balaban J connectivity index is 2.77. The molecule has 0 aliphatic heterocycles. The number of aliphatic carboxylic acids is 1. The largest absolute Gasteiger partial charge is 0.481 e. The SMILES string of the molecule is CCCC(CC(=O)O)NC(=O)c1cc(Br)cc(Br)c1. The Bertz CT molecular complexity index is 457. The van der Waals surface area contributed by atoms with E-state index in [0.717, 1.165) is 15.4 Å². The molecule has 1 aromatic rings. The third-order valence-corrected chi connectivity index (χ3v) is 3.43. The summed E-state index contributed by atoms with van der Waals surface area (Å²) in [5.74, 6) is -1.17. The van der Waals surface area contributed by atoms with E-state index in [-0.39, 0.29) is 18.4 Å². The Kier molecular flexibility index (Phi) is 6.51. The monoisotopic (exact) mass is 391 g/mol. The van der Waals surface area contributed by atoms with Crippen LogP contribution in [0.25, 0.3) is 0 Å². The molecule has 0 saturated heterocycles. The fourth-order valence-corrected chi connectivity index (χ4v) is 3.03. The summed E-state index contributed by atoms with van der Waals surface area (Å²) < 4.78 is 1.58. The number of nitrogens with one attached hydrogen (secondary N) is 1. The summed E-state index contributed by atoms with van der Waals surface area (Å²) in [7, 11) is 0. The van der Waals surface area contributed by atoms with Crippen LogP contribution in [0.1, 0.15) is 36.5 Å². The first-order valence-electron chi connectivity index (χ1n) is 5.91. The minimum Gasteiger partial charge on any atom is -0.481 e. The lowest BCUT2D eigenvalue weighted by atomic mass is 10.1. The number of hydrogen-bond donors (Lipinski definition) is 2. The van der Waals surface area contributed by atoms with Crippen LogP contribution in [0.3, 0.4) is 0 Å². The van der Waals surface area contributed by atoms with Gasteiger partial charge in [-0.05, 0) is 24.6 Å². The summed E-state index contributed by atoms with van der Waals surface area (Å²) >= 11 is 6.63. The first-order valence-corrected chi connectivity index (χ1v) is 7.49. The zero-order valence-electron chi connectivity index (χ0n) is 10.5. The van der Waals surface area contributed by atoms with Crippen molar-refractivity contribution in [3.05, 3.63) is 32.7 Å². The Morgan fingerprint density at radius 3 is 2.32 bits per heavy atom. The van der Waals surface area contributed by atoms with E-state index in [9.17, 15) is 9.59 Å². The van der Waals surface area contributed by atoms with E-state index < -0.39 is 5.97 Å². The van der Waals surface area contributed by atoms with Gasteiger partial charge in [-0.15, -0.1) is 0 Å². The molecule has 0 radical (unpaired) electrons. The highest BCUT2D eigenvalue weighted by atomic mass is 79.9. The van der Waals surface area contributed by atoms with Crippen molar-refractivity contribution in [2.24, 2.45) is 0 Å². The van der Waals surface area contributed by atoms with Gasteiger partial charge >= 0.3 is 5.97 Å². The van der Waals surface area contributed by atoms with Crippen LogP contribution >= 0.6 is 31.9 Å². The van der Waals surface area contributed by atoms with Crippen molar-refractivity contribution in [1.29, 1.82) is 0 Å². The second kappa shape index (κ2) is 7.65. The number of benzene rings is 1. The second-order valence-electron chi connectivity index (χ2n) is 4.22. The van der Waals surface area contributed by atoms with Gasteiger partial charge in [0.1, 0.15) is 0 Å². The molecule has 1 amide bonds. The van der Waals surface area contributed by atoms with Crippen LogP contribution in [0.2, 0.25) is 0 Å². The third kappa shape index (κ3) is 5.74. The molecule has 1 aromatic carbocycles. The molecule has 1 rings (SSSR count). The van der Waals surface area contributed by atoms with Gasteiger partial charge < -0.3 is 10.4 Å². The first kappa shape index (κ1) is 16.2. The molecular formula is C13H15Br2NO3. The summed E-state index contributed by atoms with van der Waals surface area (Å²) in [4.78, 5) is 22.8. The normalized spacial score (nSPS) is 11.9. The van der Waals surface area contributed by atoms with E-state index in [1.54, 1.807) is 12.1 Å². The average molecular weight is 393 g/mol. The van der Waals surface area contributed by atoms with Crippen LogP contribution in [0.5, 0.6) is 0 Å². The highest BCUT2D eigenvalue weighted by Gasteiger charge is 2.16. The van der Waals surface area contributed by atoms with Gasteiger partial charge in [0.05, 0.1) is 6.42 Å². The molecule has 2 N–H and O–H groups in total. The summed E-state index contributed by atoms with van der Waals surface area (Å²) in [6.07, 6.45) is 1.41. The van der Waals surface area contributed by atoms with Gasteiger partial charge in [-0.25, -0.2) is 0 Å². The molecule has 4 nitrogen and oxygen atoms in total. The van der Waals surface area contributed by atoms with Crippen LogP contribution in [0.4, 0.5) is 0 Å². The number of carboxylic acids is 1. The minimum atomic E-state index is -0.908. The van der Waals surface area contributed by atoms with Gasteiger partial charge in [-0.2, -0.15) is 0 Å². The predicted octanol–water partition coefficient (Wildman–Crippen LogP) is 3.58. The van der Waals surface area contributed by atoms with Gasteiger partial charge in [-0.3, -0.25) is 9.59 Å². The molecule has 0 fully saturated rings. The van der Waals surface area contributed by atoms with E-state index >= 15 is 0 Å². The molecule has 1 atom stereocenters. The summed E-state index contributed by atoms with van der Waals surface area (Å²) in [6, 6.07) is 4.89. The lowest BCUT2D eigenvalue weighted by Gasteiger charge is -2.16. The number of carboxylic acid groups (broad SMARTS) is 1. The molecule has 0 aromatic heterocycles. The Morgan fingerprint density at radius 2 is 1.84 bits per heavy atom. The van der Waals surface area contributed by atoms with Gasteiger partial charge in [0, 0.05) is 20.6 Å². The van der Waals surface area contributed by atoms with E-state index in [1.165, 1.54) is 0 Å². The topological polar surface area (TPSA) is 66.4 Å². The number of rotatable bonds is 6. The van der Waals surface area contributed by atoms with Crippen LogP contribution in [-0.2, 0) is 4.79 Å². The molecule has 0 spiro atoms. The quantitative estimate of drug-likeness (QED) is 0.777. The molecule has 0 saturated carbocycles. The van der Waals surface area contributed by atoms with Crippen molar-refractivity contribution in [2.75, 3.05) is 0 Å². The molecule has 19 heavy (non-hydrogen) atoms. The minimum absolute atomic E-state index is 0.0608. The molecule has 6 heteroatoms. The summed E-state index contributed by atoms with van der Waals surface area (Å²) in [5.41, 5.74) is 0.493. The lowest BCUT2D eigenvalue weighted by Crippen LogP contribution is -2.36. The van der Waals surface area contributed by atoms with Gasteiger partial charge in [0.2, 0.25) is 0 Å². The fourth-order valence-electron chi connectivity index (χ4n) is 1.74. The maximum absolute atomic E-state index is 12.1. The number of carbonyl (C=O) groups is 2. The molecule has 104 valence electrons. The zero-order valence-corrected chi connectivity index (χ0v) is 13.6. The number of halogens is 2. The van der Waals surface area contributed by atoms with Gasteiger partial charge in [0.25, 0.3) is 5.91 Å². The highest BCUT2D eigenvalue weighted by Crippen LogP contribution is 2.20. The van der Waals surface area contributed by atoms with Crippen molar-refractivity contribution in [1.82, 2.24) is 5.32 Å². The molecular weight excluding hydrogens is 378 g/mol. The number of hydrogen-bond acceptors (Lipinski definition) is 2. The van der Waals surface area contributed by atoms with Crippen LogP contribution in [-0.4, -0.2) is 23.0 Å². The summed E-state index contributed by atoms with van der Waals surface area (Å²) in [5, 5.41) is 11.6. The van der Waals surface area contributed by atoms with Crippen LogP contribution < -0.4 is 5.32 Å². The van der Waals surface area contributed by atoms with Crippen molar-refractivity contribution >= 4 is 43.7 Å². The van der Waals surface area contributed by atoms with Crippen LogP contribution in [0.15, 0.2) is 27.1 Å². The standard InChI is InChI=1S/C13H15Br2NO3/c1-2-3-11(7-12(17)18)16-13(19)8-4-9(14)6-10(15)5-8/h4-6,11H,2-3,7H2,1H3,(H,16,19)(H,17,18). The molecule has 0 aliphatic carbocycles. The van der Waals surface area contributed by atoms with E-state index in [0.29, 0.717) is 12.0 Å². The fraction of sp³-hybridized carbons (Fsp3) is 0.385. The molecule has 1 unspecified atom stereocenters. The van der Waals surface area contributed by atoms with Crippen molar-refractivity contribution in [3.8, 4) is 0 Å². The van der Waals surface area contributed by atoms with Crippen molar-refractivity contribution < 1.29 is 14.7 Å². The predicted molar refractivity (Wildman–Crippen MR) is 80.3 cm³/mol.